The molecule has 0 radical (unpaired) electrons. The van der Waals surface area contributed by atoms with Crippen molar-refractivity contribution in [2.75, 3.05) is 19.0 Å². The Balaban J connectivity index is 1.92. The topological polar surface area (TPSA) is 59.6 Å². The molecule has 2 atom stereocenters. The van der Waals surface area contributed by atoms with Gasteiger partial charge in [0, 0.05) is 24.8 Å². The molecule has 116 valence electrons. The van der Waals surface area contributed by atoms with E-state index in [4.69, 9.17) is 9.47 Å². The van der Waals surface area contributed by atoms with Crippen LogP contribution < -0.4 is 15.4 Å². The Bertz CT molecular complexity index is 468. The van der Waals surface area contributed by atoms with E-state index < -0.39 is 0 Å². The van der Waals surface area contributed by atoms with Crippen molar-refractivity contribution in [3.05, 3.63) is 24.3 Å². The summed E-state index contributed by atoms with van der Waals surface area (Å²) in [7, 11) is 1.59. The average Bonchev–Trinajstić information content (AvgIpc) is 2.44. The van der Waals surface area contributed by atoms with E-state index >= 15 is 0 Å². The van der Waals surface area contributed by atoms with Gasteiger partial charge in [-0.1, -0.05) is 6.07 Å². The van der Waals surface area contributed by atoms with Gasteiger partial charge in [-0.05, 0) is 38.8 Å². The maximum Gasteiger partial charge on any atom is 0.257 e. The fourth-order valence-electron chi connectivity index (χ4n) is 2.66. The third kappa shape index (κ3) is 4.93. The molecule has 0 aliphatic carbocycles. The van der Waals surface area contributed by atoms with Gasteiger partial charge in [0.25, 0.3) is 5.91 Å². The van der Waals surface area contributed by atoms with Crippen LogP contribution in [-0.4, -0.2) is 37.8 Å². The van der Waals surface area contributed by atoms with Crippen molar-refractivity contribution in [3.8, 4) is 5.75 Å². The third-order valence-corrected chi connectivity index (χ3v) is 3.55. The lowest BCUT2D eigenvalue weighted by Crippen LogP contribution is -2.36. The number of carbonyl (C=O) groups is 1. The van der Waals surface area contributed by atoms with Gasteiger partial charge in [-0.3, -0.25) is 4.79 Å². The van der Waals surface area contributed by atoms with E-state index in [9.17, 15) is 4.79 Å². The number of nitrogens with one attached hydrogen (secondary N) is 2. The highest BCUT2D eigenvalue weighted by Gasteiger charge is 2.24. The second-order valence-electron chi connectivity index (χ2n) is 5.56. The van der Waals surface area contributed by atoms with Crippen LogP contribution >= 0.6 is 0 Å². The molecule has 0 saturated carbocycles. The summed E-state index contributed by atoms with van der Waals surface area (Å²) in [6.07, 6.45) is 2.54. The van der Waals surface area contributed by atoms with Crippen LogP contribution in [0, 0.1) is 0 Å². The molecule has 1 amide bonds. The van der Waals surface area contributed by atoms with Crippen molar-refractivity contribution in [2.24, 2.45) is 0 Å². The van der Waals surface area contributed by atoms with E-state index in [1.807, 2.05) is 24.3 Å². The molecule has 1 aliphatic rings. The highest BCUT2D eigenvalue weighted by atomic mass is 16.5. The maximum absolute atomic E-state index is 11.2. The smallest absolute Gasteiger partial charge is 0.257 e. The van der Waals surface area contributed by atoms with Crippen LogP contribution in [0.15, 0.2) is 24.3 Å². The first-order chi connectivity index (χ1) is 10.1. The largest absolute Gasteiger partial charge is 0.484 e. The number of benzene rings is 1. The molecular formula is C16H24N2O3. The molecule has 5 nitrogen and oxygen atoms in total. The number of amides is 1. The minimum absolute atomic E-state index is 0.0330. The van der Waals surface area contributed by atoms with Crippen LogP contribution in [0.25, 0.3) is 0 Å². The number of rotatable bonds is 5. The molecule has 1 aliphatic heterocycles. The van der Waals surface area contributed by atoms with Gasteiger partial charge in [0.1, 0.15) is 5.75 Å². The van der Waals surface area contributed by atoms with Crippen molar-refractivity contribution in [3.63, 3.8) is 0 Å². The highest BCUT2D eigenvalue weighted by molar-refractivity contribution is 5.77. The maximum atomic E-state index is 11.2. The fraction of sp³-hybridized carbons (Fsp3) is 0.562. The zero-order chi connectivity index (χ0) is 15.2. The molecule has 0 aromatic heterocycles. The monoisotopic (exact) mass is 292 g/mol. The van der Waals surface area contributed by atoms with Crippen molar-refractivity contribution >= 4 is 11.6 Å². The Labute approximate surface area is 126 Å². The molecule has 1 aromatic carbocycles. The number of ether oxygens (including phenoxy) is 2. The lowest BCUT2D eigenvalue weighted by atomic mass is 9.99. The normalized spacial score (nSPS) is 25.2. The van der Waals surface area contributed by atoms with Crippen molar-refractivity contribution in [1.29, 1.82) is 0 Å². The summed E-state index contributed by atoms with van der Waals surface area (Å²) in [5, 5.41) is 6.05. The van der Waals surface area contributed by atoms with E-state index in [0.717, 1.165) is 18.5 Å². The molecule has 5 heteroatoms. The van der Waals surface area contributed by atoms with E-state index in [1.54, 1.807) is 7.05 Å². The van der Waals surface area contributed by atoms with Gasteiger partial charge in [-0.2, -0.15) is 0 Å². The molecule has 1 heterocycles. The van der Waals surface area contributed by atoms with Gasteiger partial charge in [-0.15, -0.1) is 0 Å². The van der Waals surface area contributed by atoms with Crippen LogP contribution in [-0.2, 0) is 9.53 Å². The molecule has 2 rings (SSSR count). The second kappa shape index (κ2) is 7.31. The zero-order valence-electron chi connectivity index (χ0n) is 12.9. The number of carbonyl (C=O) groups excluding carboxylic acids is 1. The van der Waals surface area contributed by atoms with Crippen LogP contribution in [0.3, 0.4) is 0 Å². The molecule has 1 saturated heterocycles. The van der Waals surface area contributed by atoms with Gasteiger partial charge in [0.2, 0.25) is 0 Å². The SMILES string of the molecule is CNC(=O)COc1cccc(NC2CC(C)OC(C)C2)c1. The Morgan fingerprint density at radius 3 is 2.71 bits per heavy atom. The molecular weight excluding hydrogens is 268 g/mol. The average molecular weight is 292 g/mol. The Morgan fingerprint density at radius 2 is 2.05 bits per heavy atom. The molecule has 0 bridgehead atoms. The summed E-state index contributed by atoms with van der Waals surface area (Å²) in [4.78, 5) is 11.2. The first kappa shape index (κ1) is 15.6. The van der Waals surface area contributed by atoms with Gasteiger partial charge >= 0.3 is 0 Å². The lowest BCUT2D eigenvalue weighted by molar-refractivity contribution is -0.122. The van der Waals surface area contributed by atoms with Crippen LogP contribution in [0.4, 0.5) is 5.69 Å². The quantitative estimate of drug-likeness (QED) is 0.873. The van der Waals surface area contributed by atoms with Crippen molar-refractivity contribution < 1.29 is 14.3 Å². The number of hydrogen-bond acceptors (Lipinski definition) is 4. The molecule has 2 N–H and O–H groups in total. The Kier molecular flexibility index (Phi) is 5.44. The van der Waals surface area contributed by atoms with Crippen LogP contribution in [0.2, 0.25) is 0 Å². The third-order valence-electron chi connectivity index (χ3n) is 3.55. The lowest BCUT2D eigenvalue weighted by Gasteiger charge is -2.33. The Morgan fingerprint density at radius 1 is 1.33 bits per heavy atom. The molecule has 2 unspecified atom stereocenters. The summed E-state index contributed by atoms with van der Waals surface area (Å²) < 4.78 is 11.2. The molecule has 0 spiro atoms. The summed E-state index contributed by atoms with van der Waals surface area (Å²) in [5.74, 6) is 0.553. The zero-order valence-corrected chi connectivity index (χ0v) is 12.9. The summed E-state index contributed by atoms with van der Waals surface area (Å²) >= 11 is 0. The first-order valence-electron chi connectivity index (χ1n) is 7.42. The predicted molar refractivity (Wildman–Crippen MR) is 82.7 cm³/mol. The minimum atomic E-state index is -0.138. The van der Waals surface area contributed by atoms with E-state index in [-0.39, 0.29) is 24.7 Å². The molecule has 21 heavy (non-hydrogen) atoms. The number of hydrogen-bond donors (Lipinski definition) is 2. The van der Waals surface area contributed by atoms with Gasteiger partial charge < -0.3 is 20.1 Å². The highest BCUT2D eigenvalue weighted by Crippen LogP contribution is 2.24. The van der Waals surface area contributed by atoms with Gasteiger partial charge in [0.05, 0.1) is 12.2 Å². The van der Waals surface area contributed by atoms with Crippen LogP contribution in [0.5, 0.6) is 5.75 Å². The molecule has 1 aromatic rings. The van der Waals surface area contributed by atoms with Crippen molar-refractivity contribution in [2.45, 2.75) is 44.9 Å². The summed E-state index contributed by atoms with van der Waals surface area (Å²) in [5.41, 5.74) is 1.01. The van der Waals surface area contributed by atoms with Gasteiger partial charge in [0.15, 0.2) is 6.61 Å². The number of likely N-dealkylation sites (N-methyl/N-ethyl adjacent to an activating group) is 1. The minimum Gasteiger partial charge on any atom is -0.484 e. The first-order valence-corrected chi connectivity index (χ1v) is 7.42. The fourth-order valence-corrected chi connectivity index (χ4v) is 2.66. The van der Waals surface area contributed by atoms with E-state index in [2.05, 4.69) is 24.5 Å². The standard InChI is InChI=1S/C16H24N2O3/c1-11-7-14(8-12(2)21-11)18-13-5-4-6-15(9-13)20-10-16(19)17-3/h4-6,9,11-12,14,18H,7-8,10H2,1-3H3,(H,17,19). The number of anilines is 1. The molecule has 1 fully saturated rings. The Hall–Kier alpha value is -1.75. The summed E-state index contributed by atoms with van der Waals surface area (Å²) in [6.45, 7) is 4.24. The predicted octanol–water partition coefficient (Wildman–Crippen LogP) is 2.18. The second-order valence-corrected chi connectivity index (χ2v) is 5.56. The van der Waals surface area contributed by atoms with Crippen LogP contribution in [0.1, 0.15) is 26.7 Å². The van der Waals surface area contributed by atoms with E-state index in [1.165, 1.54) is 0 Å². The van der Waals surface area contributed by atoms with Crippen molar-refractivity contribution in [1.82, 2.24) is 5.32 Å². The van der Waals surface area contributed by atoms with E-state index in [0.29, 0.717) is 11.8 Å². The summed E-state index contributed by atoms with van der Waals surface area (Å²) in [6, 6.07) is 8.11. The van der Waals surface area contributed by atoms with Gasteiger partial charge in [-0.25, -0.2) is 0 Å².